The number of hydrogen-bond donors (Lipinski definition) is 2. The Balaban J connectivity index is 2.87. The molecule has 0 aromatic heterocycles. The third kappa shape index (κ3) is 4.80. The summed E-state index contributed by atoms with van der Waals surface area (Å²) < 4.78 is 6.85. The van der Waals surface area contributed by atoms with Gasteiger partial charge in [-0.25, -0.2) is 0 Å². The highest BCUT2D eigenvalue weighted by molar-refractivity contribution is 9.10. The maximum atomic E-state index is 11.9. The number of ether oxygens (including phenoxy) is 1. The minimum atomic E-state index is -0.516. The summed E-state index contributed by atoms with van der Waals surface area (Å²) in [4.78, 5) is 11.9. The van der Waals surface area contributed by atoms with Gasteiger partial charge in [-0.15, -0.1) is 0 Å². The molecule has 5 heteroatoms. The molecule has 1 aromatic carbocycles. The minimum Gasteiger partial charge on any atom is -0.480 e. The van der Waals surface area contributed by atoms with E-state index in [9.17, 15) is 4.79 Å². The molecule has 0 saturated carbocycles. The Kier molecular flexibility index (Phi) is 7.02. The molecule has 1 unspecified atom stereocenters. The van der Waals surface area contributed by atoms with E-state index in [0.717, 1.165) is 34.2 Å². The van der Waals surface area contributed by atoms with Crippen molar-refractivity contribution in [3.8, 4) is 5.75 Å². The van der Waals surface area contributed by atoms with E-state index in [1.165, 1.54) is 0 Å². The van der Waals surface area contributed by atoms with Gasteiger partial charge >= 0.3 is 0 Å². The van der Waals surface area contributed by atoms with Crippen molar-refractivity contribution in [3.05, 3.63) is 27.7 Å². The standard InChI is InChI=1S/C15H23BrN2O2/c1-4-7-18-15(19)11(3)20-14-10(2)8-13(16)9-12(14)5-6-17/h8-9,11H,4-7,17H2,1-3H3,(H,18,19). The molecule has 0 aliphatic carbocycles. The Morgan fingerprint density at radius 1 is 1.50 bits per heavy atom. The van der Waals surface area contributed by atoms with Crippen molar-refractivity contribution < 1.29 is 9.53 Å². The van der Waals surface area contributed by atoms with Crippen LogP contribution in [0.15, 0.2) is 16.6 Å². The summed E-state index contributed by atoms with van der Waals surface area (Å²) in [6, 6.07) is 3.97. The van der Waals surface area contributed by atoms with Crippen LogP contribution >= 0.6 is 15.9 Å². The van der Waals surface area contributed by atoms with Crippen molar-refractivity contribution in [1.82, 2.24) is 5.32 Å². The van der Waals surface area contributed by atoms with Crippen LogP contribution in [0.3, 0.4) is 0 Å². The predicted octanol–water partition coefficient (Wildman–Crippen LogP) is 2.55. The van der Waals surface area contributed by atoms with Crippen LogP contribution in [-0.4, -0.2) is 25.1 Å². The largest absolute Gasteiger partial charge is 0.480 e. The number of rotatable bonds is 7. The first-order valence-electron chi connectivity index (χ1n) is 6.93. The molecule has 0 heterocycles. The van der Waals surface area contributed by atoms with Crippen LogP contribution in [0.25, 0.3) is 0 Å². The Bertz CT molecular complexity index is 463. The van der Waals surface area contributed by atoms with Gasteiger partial charge in [0.15, 0.2) is 6.10 Å². The van der Waals surface area contributed by atoms with Crippen molar-refractivity contribution in [3.63, 3.8) is 0 Å². The van der Waals surface area contributed by atoms with Gasteiger partial charge < -0.3 is 15.8 Å². The van der Waals surface area contributed by atoms with Crippen molar-refractivity contribution in [2.45, 2.75) is 39.7 Å². The van der Waals surface area contributed by atoms with E-state index in [-0.39, 0.29) is 5.91 Å². The van der Waals surface area contributed by atoms with Gasteiger partial charge in [0, 0.05) is 11.0 Å². The lowest BCUT2D eigenvalue weighted by atomic mass is 10.1. The Labute approximate surface area is 129 Å². The molecule has 4 nitrogen and oxygen atoms in total. The normalized spacial score (nSPS) is 12.1. The smallest absolute Gasteiger partial charge is 0.260 e. The molecule has 0 saturated heterocycles. The van der Waals surface area contributed by atoms with Crippen LogP contribution in [0.2, 0.25) is 0 Å². The highest BCUT2D eigenvalue weighted by Gasteiger charge is 2.17. The average molecular weight is 343 g/mol. The fraction of sp³-hybridized carbons (Fsp3) is 0.533. The molecule has 0 aliphatic rings. The lowest BCUT2D eigenvalue weighted by Gasteiger charge is -2.19. The number of hydrogen-bond acceptors (Lipinski definition) is 3. The number of aryl methyl sites for hydroxylation is 1. The van der Waals surface area contributed by atoms with Crippen LogP contribution in [-0.2, 0) is 11.2 Å². The molecule has 0 fully saturated rings. The van der Waals surface area contributed by atoms with E-state index in [1.807, 2.05) is 26.0 Å². The van der Waals surface area contributed by atoms with Crippen molar-refractivity contribution >= 4 is 21.8 Å². The van der Waals surface area contributed by atoms with Gasteiger partial charge in [0.2, 0.25) is 0 Å². The Hall–Kier alpha value is -1.07. The Morgan fingerprint density at radius 3 is 2.80 bits per heavy atom. The van der Waals surface area contributed by atoms with Crippen molar-refractivity contribution in [2.75, 3.05) is 13.1 Å². The molecule has 0 radical (unpaired) electrons. The fourth-order valence-electron chi connectivity index (χ4n) is 1.93. The van der Waals surface area contributed by atoms with Gasteiger partial charge in [-0.1, -0.05) is 22.9 Å². The zero-order valence-electron chi connectivity index (χ0n) is 12.3. The van der Waals surface area contributed by atoms with Crippen LogP contribution in [0, 0.1) is 6.92 Å². The molecular weight excluding hydrogens is 320 g/mol. The van der Waals surface area contributed by atoms with E-state index >= 15 is 0 Å². The van der Waals surface area contributed by atoms with E-state index in [0.29, 0.717) is 13.1 Å². The quantitative estimate of drug-likeness (QED) is 0.800. The number of benzene rings is 1. The van der Waals surface area contributed by atoms with Gasteiger partial charge in [0.05, 0.1) is 0 Å². The van der Waals surface area contributed by atoms with Gasteiger partial charge in [-0.05, 0) is 56.5 Å². The van der Waals surface area contributed by atoms with Crippen LogP contribution in [0.4, 0.5) is 0 Å². The molecule has 112 valence electrons. The summed E-state index contributed by atoms with van der Waals surface area (Å²) in [6.07, 6.45) is 1.12. The zero-order chi connectivity index (χ0) is 15.1. The molecule has 0 aliphatic heterocycles. The van der Waals surface area contributed by atoms with Gasteiger partial charge in [-0.3, -0.25) is 4.79 Å². The van der Waals surface area contributed by atoms with E-state index in [1.54, 1.807) is 6.92 Å². The van der Waals surface area contributed by atoms with Crippen molar-refractivity contribution in [1.29, 1.82) is 0 Å². The van der Waals surface area contributed by atoms with E-state index < -0.39 is 6.10 Å². The second kappa shape index (κ2) is 8.27. The fourth-order valence-corrected chi connectivity index (χ4v) is 2.55. The van der Waals surface area contributed by atoms with Crippen molar-refractivity contribution in [2.24, 2.45) is 5.73 Å². The summed E-state index contributed by atoms with van der Waals surface area (Å²) in [5, 5.41) is 2.84. The summed E-state index contributed by atoms with van der Waals surface area (Å²) in [5.41, 5.74) is 7.66. The lowest BCUT2D eigenvalue weighted by molar-refractivity contribution is -0.127. The second-order valence-corrected chi connectivity index (χ2v) is 5.72. The molecule has 1 amide bonds. The lowest BCUT2D eigenvalue weighted by Crippen LogP contribution is -2.37. The Morgan fingerprint density at radius 2 is 2.20 bits per heavy atom. The van der Waals surface area contributed by atoms with Gasteiger partial charge in [-0.2, -0.15) is 0 Å². The van der Waals surface area contributed by atoms with Gasteiger partial charge in [0.25, 0.3) is 5.91 Å². The maximum absolute atomic E-state index is 11.9. The molecule has 3 N–H and O–H groups in total. The molecular formula is C15H23BrN2O2. The monoisotopic (exact) mass is 342 g/mol. The molecule has 1 rings (SSSR count). The summed E-state index contributed by atoms with van der Waals surface area (Å²) in [5.74, 6) is 0.672. The van der Waals surface area contributed by atoms with Gasteiger partial charge in [0.1, 0.15) is 5.75 Å². The average Bonchev–Trinajstić information content (AvgIpc) is 2.39. The summed E-state index contributed by atoms with van der Waals surface area (Å²) in [7, 11) is 0. The third-order valence-electron chi connectivity index (χ3n) is 2.94. The maximum Gasteiger partial charge on any atom is 0.260 e. The minimum absolute atomic E-state index is 0.0899. The molecule has 1 atom stereocenters. The van der Waals surface area contributed by atoms with Crippen LogP contribution in [0.1, 0.15) is 31.4 Å². The first-order chi connectivity index (χ1) is 9.49. The van der Waals surface area contributed by atoms with Crippen LogP contribution < -0.4 is 15.8 Å². The summed E-state index contributed by atoms with van der Waals surface area (Å²) >= 11 is 3.47. The predicted molar refractivity (Wildman–Crippen MR) is 85.0 cm³/mol. The number of amides is 1. The van der Waals surface area contributed by atoms with E-state index in [2.05, 4.69) is 21.2 Å². The number of halogens is 1. The molecule has 0 spiro atoms. The van der Waals surface area contributed by atoms with Crippen LogP contribution in [0.5, 0.6) is 5.75 Å². The highest BCUT2D eigenvalue weighted by Crippen LogP contribution is 2.29. The first-order valence-corrected chi connectivity index (χ1v) is 7.72. The molecule has 1 aromatic rings. The number of carbonyl (C=O) groups excluding carboxylic acids is 1. The zero-order valence-corrected chi connectivity index (χ0v) is 13.9. The highest BCUT2D eigenvalue weighted by atomic mass is 79.9. The number of nitrogens with two attached hydrogens (primary N) is 1. The number of carbonyl (C=O) groups is 1. The summed E-state index contributed by atoms with van der Waals surface area (Å²) in [6.45, 7) is 6.96. The van der Waals surface area contributed by atoms with E-state index in [4.69, 9.17) is 10.5 Å². The molecule has 0 bridgehead atoms. The number of nitrogens with one attached hydrogen (secondary N) is 1. The first kappa shape index (κ1) is 17.0. The molecule has 20 heavy (non-hydrogen) atoms. The second-order valence-electron chi connectivity index (χ2n) is 4.80. The SMILES string of the molecule is CCCNC(=O)C(C)Oc1c(C)cc(Br)cc1CCN. The topological polar surface area (TPSA) is 64.3 Å². The third-order valence-corrected chi connectivity index (χ3v) is 3.40.